The molecule has 1 aliphatic carbocycles. The van der Waals surface area contributed by atoms with Crippen LogP contribution in [0.2, 0.25) is 0 Å². The quantitative estimate of drug-likeness (QED) is 0.171. The average Bonchev–Trinajstić information content (AvgIpc) is 3.41. The molecule has 0 saturated heterocycles. The molecule has 1 atom stereocenters. The summed E-state index contributed by atoms with van der Waals surface area (Å²) < 4.78 is 23.8. The van der Waals surface area contributed by atoms with Gasteiger partial charge in [-0.25, -0.2) is 4.79 Å². The summed E-state index contributed by atoms with van der Waals surface area (Å²) in [7, 11) is 1.38. The summed E-state index contributed by atoms with van der Waals surface area (Å²) in [5, 5.41) is 0. The number of benzene rings is 4. The van der Waals surface area contributed by atoms with Crippen LogP contribution >= 0.6 is 0 Å². The van der Waals surface area contributed by atoms with Gasteiger partial charge in [0.15, 0.2) is 0 Å². The molecule has 0 bridgehead atoms. The van der Waals surface area contributed by atoms with E-state index in [-0.39, 0.29) is 5.92 Å². The minimum absolute atomic E-state index is 0.0453. The number of ether oxygens (including phenoxy) is 4. The molecule has 40 heavy (non-hydrogen) atoms. The lowest BCUT2D eigenvalue weighted by atomic mass is 9.87. The van der Waals surface area contributed by atoms with E-state index in [0.29, 0.717) is 30.3 Å². The van der Waals surface area contributed by atoms with Crippen molar-refractivity contribution in [2.75, 3.05) is 7.11 Å². The molecule has 1 saturated carbocycles. The van der Waals surface area contributed by atoms with Crippen LogP contribution in [-0.4, -0.2) is 13.1 Å². The normalized spacial score (nSPS) is 15.6. The third kappa shape index (κ3) is 5.23. The minimum atomic E-state index is -0.467. The van der Waals surface area contributed by atoms with Crippen molar-refractivity contribution in [3.63, 3.8) is 0 Å². The Hall–Kier alpha value is -4.77. The second kappa shape index (κ2) is 11.1. The van der Waals surface area contributed by atoms with Crippen LogP contribution in [0.5, 0.6) is 17.2 Å². The number of carbonyl (C=O) groups excluding carboxylic acids is 1. The van der Waals surface area contributed by atoms with Gasteiger partial charge in [-0.3, -0.25) is 0 Å². The van der Waals surface area contributed by atoms with E-state index < -0.39 is 5.97 Å². The Balaban J connectivity index is 1.31. The molecule has 5 heteroatoms. The Morgan fingerprint density at radius 3 is 2.10 bits per heavy atom. The maximum absolute atomic E-state index is 12.9. The molecular weight excluding hydrogens is 500 g/mol. The first kappa shape index (κ1) is 25.5. The van der Waals surface area contributed by atoms with Crippen molar-refractivity contribution in [3.8, 4) is 17.2 Å². The Bertz CT molecular complexity index is 1570. The van der Waals surface area contributed by atoms with Crippen molar-refractivity contribution in [1.29, 1.82) is 0 Å². The number of carbonyl (C=O) groups is 1. The zero-order valence-electron chi connectivity index (χ0n) is 22.4. The van der Waals surface area contributed by atoms with E-state index in [0.717, 1.165) is 57.8 Å². The fraction of sp³-hybridized carbons (Fsp3) is 0.171. The first-order valence-electron chi connectivity index (χ1n) is 13.4. The zero-order chi connectivity index (χ0) is 27.5. The first-order valence-corrected chi connectivity index (χ1v) is 13.4. The number of allylic oxidation sites excluding steroid dienone is 2. The van der Waals surface area contributed by atoms with Crippen LogP contribution in [0, 0.1) is 0 Å². The number of hydrogen-bond donors (Lipinski definition) is 0. The summed E-state index contributed by atoms with van der Waals surface area (Å²) >= 11 is 0. The molecule has 1 heterocycles. The second-order valence-corrected chi connectivity index (χ2v) is 10.1. The number of esters is 1. The van der Waals surface area contributed by atoms with Gasteiger partial charge in [0.25, 0.3) is 0 Å². The molecule has 0 unspecified atom stereocenters. The van der Waals surface area contributed by atoms with E-state index in [1.807, 2.05) is 91.0 Å². The molecule has 0 N–H and O–H groups in total. The standard InChI is InChI=1S/C35H30O5/c1-23-17-29-30(18-23)33(26-13-15-27(16-14-26)38-21-24-9-5-3-6-10-24)40-34-31(29)19-28(20-32(34)35(36)37-2)39-22-25-11-7-4-8-12-25/h3-16,19-20,29H,1,17-18,21-22H2,2H3/t29-/m0/s1. The van der Waals surface area contributed by atoms with Gasteiger partial charge in [-0.1, -0.05) is 72.8 Å². The molecular formula is C35H30O5. The molecule has 2 aliphatic rings. The van der Waals surface area contributed by atoms with E-state index in [9.17, 15) is 4.79 Å². The van der Waals surface area contributed by atoms with E-state index >= 15 is 0 Å². The van der Waals surface area contributed by atoms with Gasteiger partial charge < -0.3 is 18.9 Å². The van der Waals surface area contributed by atoms with Crippen molar-refractivity contribution < 1.29 is 23.7 Å². The Morgan fingerprint density at radius 1 is 0.850 bits per heavy atom. The van der Waals surface area contributed by atoms with Crippen molar-refractivity contribution in [2.45, 2.75) is 32.0 Å². The average molecular weight is 531 g/mol. The van der Waals surface area contributed by atoms with Crippen LogP contribution < -0.4 is 14.2 Å². The van der Waals surface area contributed by atoms with Gasteiger partial charge in [-0.15, -0.1) is 0 Å². The van der Waals surface area contributed by atoms with E-state index in [1.54, 1.807) is 6.07 Å². The third-order valence-electron chi connectivity index (χ3n) is 7.33. The third-order valence-corrected chi connectivity index (χ3v) is 7.33. The lowest BCUT2D eigenvalue weighted by Gasteiger charge is -2.29. The summed E-state index contributed by atoms with van der Waals surface area (Å²) in [6.07, 6.45) is 1.53. The molecule has 1 fully saturated rings. The lowest BCUT2D eigenvalue weighted by molar-refractivity contribution is 0.0597. The molecule has 4 aromatic carbocycles. The van der Waals surface area contributed by atoms with Crippen LogP contribution in [0.25, 0.3) is 5.76 Å². The highest BCUT2D eigenvalue weighted by molar-refractivity contribution is 5.95. The van der Waals surface area contributed by atoms with Gasteiger partial charge in [0.05, 0.1) is 7.11 Å². The van der Waals surface area contributed by atoms with Gasteiger partial charge in [-0.05, 0) is 65.9 Å². The lowest BCUT2D eigenvalue weighted by Crippen LogP contribution is -2.16. The Kier molecular flexibility index (Phi) is 7.11. The van der Waals surface area contributed by atoms with E-state index in [2.05, 4.69) is 6.58 Å². The predicted molar refractivity (Wildman–Crippen MR) is 154 cm³/mol. The molecule has 0 radical (unpaired) electrons. The van der Waals surface area contributed by atoms with Gasteiger partial charge in [0, 0.05) is 17.0 Å². The monoisotopic (exact) mass is 530 g/mol. The SMILES string of the molecule is C=C1CC2=C(c3ccc(OCc4ccccc4)cc3)Oc3c(C(=O)OC)cc(OCc4ccccc4)cc3[C@H]2C1. The molecule has 0 aromatic heterocycles. The molecule has 0 amide bonds. The summed E-state index contributed by atoms with van der Waals surface area (Å²) in [6.45, 7) is 5.18. The van der Waals surface area contributed by atoms with E-state index in [1.165, 1.54) is 7.11 Å². The molecule has 4 aromatic rings. The van der Waals surface area contributed by atoms with Crippen LogP contribution in [0.1, 0.15) is 51.4 Å². The van der Waals surface area contributed by atoms with Crippen LogP contribution in [0.3, 0.4) is 0 Å². The second-order valence-electron chi connectivity index (χ2n) is 10.1. The van der Waals surface area contributed by atoms with Gasteiger partial charge in [0.1, 0.15) is 41.8 Å². The van der Waals surface area contributed by atoms with Gasteiger partial charge >= 0.3 is 5.97 Å². The van der Waals surface area contributed by atoms with Gasteiger partial charge in [0.2, 0.25) is 0 Å². The molecule has 200 valence electrons. The minimum Gasteiger partial charge on any atom is -0.489 e. The summed E-state index contributed by atoms with van der Waals surface area (Å²) in [5.74, 6) is 2.23. The first-order chi connectivity index (χ1) is 19.6. The fourth-order valence-corrected chi connectivity index (χ4v) is 5.35. The number of fused-ring (bicyclic) bond motifs is 3. The van der Waals surface area contributed by atoms with Crippen LogP contribution in [-0.2, 0) is 18.0 Å². The molecule has 5 nitrogen and oxygen atoms in total. The number of methoxy groups -OCH3 is 1. The summed E-state index contributed by atoms with van der Waals surface area (Å²) in [5.41, 5.74) is 6.64. The van der Waals surface area contributed by atoms with Crippen molar-refractivity contribution in [1.82, 2.24) is 0 Å². The van der Waals surface area contributed by atoms with Crippen LogP contribution in [0.15, 0.2) is 115 Å². The number of rotatable bonds is 8. The maximum Gasteiger partial charge on any atom is 0.341 e. The molecule has 0 spiro atoms. The predicted octanol–water partition coefficient (Wildman–Crippen LogP) is 7.87. The van der Waals surface area contributed by atoms with Crippen molar-refractivity contribution in [3.05, 3.63) is 143 Å². The highest BCUT2D eigenvalue weighted by atomic mass is 16.5. The van der Waals surface area contributed by atoms with Crippen molar-refractivity contribution in [2.24, 2.45) is 0 Å². The maximum atomic E-state index is 12.9. The Morgan fingerprint density at radius 2 is 1.48 bits per heavy atom. The topological polar surface area (TPSA) is 54.0 Å². The molecule has 1 aliphatic heterocycles. The smallest absolute Gasteiger partial charge is 0.341 e. The fourth-order valence-electron chi connectivity index (χ4n) is 5.35. The van der Waals surface area contributed by atoms with E-state index in [4.69, 9.17) is 18.9 Å². The van der Waals surface area contributed by atoms with Crippen molar-refractivity contribution >= 4 is 11.7 Å². The zero-order valence-corrected chi connectivity index (χ0v) is 22.4. The molecule has 6 rings (SSSR count). The van der Waals surface area contributed by atoms with Gasteiger partial charge in [-0.2, -0.15) is 0 Å². The Labute approximate surface area is 234 Å². The largest absolute Gasteiger partial charge is 0.489 e. The summed E-state index contributed by atoms with van der Waals surface area (Å²) in [4.78, 5) is 12.9. The highest BCUT2D eigenvalue weighted by Gasteiger charge is 2.38. The van der Waals surface area contributed by atoms with Crippen LogP contribution in [0.4, 0.5) is 0 Å². The summed E-state index contributed by atoms with van der Waals surface area (Å²) in [6, 6.07) is 31.6. The number of hydrogen-bond acceptors (Lipinski definition) is 5. The highest BCUT2D eigenvalue weighted by Crippen LogP contribution is 2.53.